The highest BCUT2D eigenvalue weighted by Gasteiger charge is 2.31. The van der Waals surface area contributed by atoms with Gasteiger partial charge in [-0.3, -0.25) is 9.59 Å². The molecule has 1 aromatic rings. The van der Waals surface area contributed by atoms with Gasteiger partial charge < -0.3 is 14.7 Å². The van der Waals surface area contributed by atoms with Gasteiger partial charge in [-0.05, 0) is 18.9 Å². The van der Waals surface area contributed by atoms with Crippen LogP contribution in [0.15, 0.2) is 18.5 Å². The topological polar surface area (TPSA) is 69.6 Å². The van der Waals surface area contributed by atoms with Gasteiger partial charge in [0, 0.05) is 51.7 Å². The Balaban J connectivity index is 1.53. The zero-order valence-electron chi connectivity index (χ0n) is 14.2. The van der Waals surface area contributed by atoms with Crippen LogP contribution in [0.5, 0.6) is 0 Å². The fourth-order valence-corrected chi connectivity index (χ4v) is 3.48. The van der Waals surface area contributed by atoms with Gasteiger partial charge in [-0.1, -0.05) is 19.3 Å². The summed E-state index contributed by atoms with van der Waals surface area (Å²) in [6.07, 6.45) is 8.96. The van der Waals surface area contributed by atoms with Crippen LogP contribution in [0.4, 0.5) is 5.95 Å². The standard InChI is InChI=1S/C17H25N5O2/c1-20(14-6-3-2-4-7-14)15(23)16(24)21-10-12-22(13-11-21)17-18-8-5-9-19-17/h5,8-9,14H,2-4,6-7,10-13H2,1H3. The van der Waals surface area contributed by atoms with Crippen molar-refractivity contribution in [3.05, 3.63) is 18.5 Å². The summed E-state index contributed by atoms with van der Waals surface area (Å²) in [5.74, 6) is -0.0711. The minimum atomic E-state index is -0.378. The lowest BCUT2D eigenvalue weighted by molar-refractivity contribution is -0.152. The van der Waals surface area contributed by atoms with Crippen LogP contribution in [0, 0.1) is 0 Å². The van der Waals surface area contributed by atoms with Gasteiger partial charge in [0.05, 0.1) is 0 Å². The summed E-state index contributed by atoms with van der Waals surface area (Å²) in [5, 5.41) is 0. The summed E-state index contributed by atoms with van der Waals surface area (Å²) < 4.78 is 0. The van der Waals surface area contributed by atoms with E-state index in [0.717, 1.165) is 25.7 Å². The molecule has 0 radical (unpaired) electrons. The van der Waals surface area contributed by atoms with Crippen molar-refractivity contribution in [2.24, 2.45) is 0 Å². The molecular formula is C17H25N5O2. The molecule has 130 valence electrons. The third kappa shape index (κ3) is 3.66. The van der Waals surface area contributed by atoms with Crippen LogP contribution in [-0.2, 0) is 9.59 Å². The van der Waals surface area contributed by atoms with Crippen molar-refractivity contribution < 1.29 is 9.59 Å². The molecule has 0 N–H and O–H groups in total. The molecule has 2 heterocycles. The molecule has 1 aliphatic heterocycles. The first-order chi connectivity index (χ1) is 11.7. The van der Waals surface area contributed by atoms with Crippen molar-refractivity contribution in [3.8, 4) is 0 Å². The molecule has 0 bridgehead atoms. The Morgan fingerprint density at radius 1 is 1.04 bits per heavy atom. The fourth-order valence-electron chi connectivity index (χ4n) is 3.48. The number of amides is 2. The van der Waals surface area contributed by atoms with Gasteiger partial charge >= 0.3 is 11.8 Å². The van der Waals surface area contributed by atoms with Crippen molar-refractivity contribution in [2.75, 3.05) is 38.1 Å². The maximum Gasteiger partial charge on any atom is 0.312 e. The first-order valence-corrected chi connectivity index (χ1v) is 8.75. The monoisotopic (exact) mass is 331 g/mol. The van der Waals surface area contributed by atoms with E-state index in [-0.39, 0.29) is 17.9 Å². The molecule has 0 aromatic carbocycles. The predicted octanol–water partition coefficient (Wildman–Crippen LogP) is 0.916. The van der Waals surface area contributed by atoms with E-state index in [2.05, 4.69) is 9.97 Å². The number of hydrogen-bond donors (Lipinski definition) is 0. The van der Waals surface area contributed by atoms with E-state index in [1.807, 2.05) is 4.90 Å². The smallest absolute Gasteiger partial charge is 0.312 e. The Kier molecular flexibility index (Phi) is 5.27. The van der Waals surface area contributed by atoms with Crippen molar-refractivity contribution in [1.82, 2.24) is 19.8 Å². The molecule has 1 aromatic heterocycles. The summed E-state index contributed by atoms with van der Waals surface area (Å²) >= 11 is 0. The van der Waals surface area contributed by atoms with E-state index in [4.69, 9.17) is 0 Å². The summed E-state index contributed by atoms with van der Waals surface area (Å²) in [4.78, 5) is 38.8. The van der Waals surface area contributed by atoms with Crippen molar-refractivity contribution in [2.45, 2.75) is 38.1 Å². The molecule has 2 amide bonds. The zero-order chi connectivity index (χ0) is 16.9. The second-order valence-electron chi connectivity index (χ2n) is 6.54. The SMILES string of the molecule is CN(C(=O)C(=O)N1CCN(c2ncccn2)CC1)C1CCCCC1. The van der Waals surface area contributed by atoms with Gasteiger partial charge in [0.25, 0.3) is 0 Å². The number of nitrogens with zero attached hydrogens (tertiary/aromatic N) is 5. The largest absolute Gasteiger partial charge is 0.337 e. The lowest BCUT2D eigenvalue weighted by Gasteiger charge is -2.36. The van der Waals surface area contributed by atoms with Crippen LogP contribution in [0.25, 0.3) is 0 Å². The predicted molar refractivity (Wildman–Crippen MR) is 90.5 cm³/mol. The maximum atomic E-state index is 12.5. The van der Waals surface area contributed by atoms with Gasteiger partial charge in [-0.25, -0.2) is 9.97 Å². The zero-order valence-corrected chi connectivity index (χ0v) is 14.2. The molecule has 1 aliphatic carbocycles. The molecule has 2 fully saturated rings. The van der Waals surface area contributed by atoms with Crippen LogP contribution in [0.2, 0.25) is 0 Å². The highest BCUT2D eigenvalue weighted by molar-refractivity contribution is 6.34. The summed E-state index contributed by atoms with van der Waals surface area (Å²) in [6, 6.07) is 2.00. The minimum absolute atomic E-state index is 0.217. The van der Waals surface area contributed by atoms with Crippen LogP contribution in [0.3, 0.4) is 0 Å². The van der Waals surface area contributed by atoms with Gasteiger partial charge in [0.2, 0.25) is 5.95 Å². The quantitative estimate of drug-likeness (QED) is 0.754. The number of carbonyl (C=O) groups excluding carboxylic acids is 2. The van der Waals surface area contributed by atoms with E-state index in [1.54, 1.807) is 35.3 Å². The van der Waals surface area contributed by atoms with E-state index in [1.165, 1.54) is 6.42 Å². The molecule has 7 nitrogen and oxygen atoms in total. The molecule has 0 spiro atoms. The maximum absolute atomic E-state index is 12.5. The lowest BCUT2D eigenvalue weighted by Crippen LogP contribution is -2.54. The number of rotatable bonds is 2. The van der Waals surface area contributed by atoms with Crippen LogP contribution >= 0.6 is 0 Å². The van der Waals surface area contributed by atoms with Crippen LogP contribution in [0.1, 0.15) is 32.1 Å². The van der Waals surface area contributed by atoms with Crippen molar-refractivity contribution in [1.29, 1.82) is 0 Å². The van der Waals surface area contributed by atoms with Crippen molar-refractivity contribution >= 4 is 17.8 Å². The molecule has 0 unspecified atom stereocenters. The van der Waals surface area contributed by atoms with E-state index in [0.29, 0.717) is 32.1 Å². The molecule has 3 rings (SSSR count). The Morgan fingerprint density at radius 2 is 1.67 bits per heavy atom. The minimum Gasteiger partial charge on any atom is -0.337 e. The first kappa shape index (κ1) is 16.7. The number of carbonyl (C=O) groups is 2. The molecule has 24 heavy (non-hydrogen) atoms. The fraction of sp³-hybridized carbons (Fsp3) is 0.647. The molecule has 0 atom stereocenters. The Hall–Kier alpha value is -2.18. The summed E-state index contributed by atoms with van der Waals surface area (Å²) in [6.45, 7) is 2.36. The van der Waals surface area contributed by atoms with Gasteiger partial charge in [0.1, 0.15) is 0 Å². The Labute approximate surface area is 142 Å². The lowest BCUT2D eigenvalue weighted by atomic mass is 9.94. The number of hydrogen-bond acceptors (Lipinski definition) is 5. The number of aromatic nitrogens is 2. The number of likely N-dealkylation sites (N-methyl/N-ethyl adjacent to an activating group) is 1. The average Bonchev–Trinajstić information content (AvgIpc) is 2.68. The highest BCUT2D eigenvalue weighted by Crippen LogP contribution is 2.22. The normalized spacial score (nSPS) is 19.2. The molecule has 1 saturated carbocycles. The van der Waals surface area contributed by atoms with E-state index < -0.39 is 0 Å². The third-order valence-corrected chi connectivity index (χ3v) is 5.03. The van der Waals surface area contributed by atoms with Gasteiger partial charge in [-0.15, -0.1) is 0 Å². The highest BCUT2D eigenvalue weighted by atomic mass is 16.2. The van der Waals surface area contributed by atoms with Gasteiger partial charge in [-0.2, -0.15) is 0 Å². The second kappa shape index (κ2) is 7.59. The van der Waals surface area contributed by atoms with E-state index in [9.17, 15) is 9.59 Å². The Bertz CT molecular complexity index is 566. The van der Waals surface area contributed by atoms with Crippen LogP contribution in [-0.4, -0.2) is 70.9 Å². The molecule has 1 saturated heterocycles. The molecular weight excluding hydrogens is 306 g/mol. The summed E-state index contributed by atoms with van der Waals surface area (Å²) in [7, 11) is 1.77. The average molecular weight is 331 g/mol. The second-order valence-corrected chi connectivity index (χ2v) is 6.54. The van der Waals surface area contributed by atoms with Crippen LogP contribution < -0.4 is 4.90 Å². The Morgan fingerprint density at radius 3 is 2.29 bits per heavy atom. The molecule has 2 aliphatic rings. The summed E-state index contributed by atoms with van der Waals surface area (Å²) in [5.41, 5.74) is 0. The molecule has 7 heteroatoms. The number of piperazine rings is 1. The number of anilines is 1. The third-order valence-electron chi connectivity index (χ3n) is 5.03. The van der Waals surface area contributed by atoms with Gasteiger partial charge in [0.15, 0.2) is 0 Å². The first-order valence-electron chi connectivity index (χ1n) is 8.75. The van der Waals surface area contributed by atoms with E-state index >= 15 is 0 Å². The van der Waals surface area contributed by atoms with Crippen molar-refractivity contribution in [3.63, 3.8) is 0 Å².